The van der Waals surface area contributed by atoms with Crippen molar-refractivity contribution < 1.29 is 25.2 Å². The average Bonchev–Trinajstić information content (AvgIpc) is 2.08. The van der Waals surface area contributed by atoms with Gasteiger partial charge >= 0.3 is 0 Å². The van der Waals surface area contributed by atoms with Crippen molar-refractivity contribution in [1.29, 1.82) is 0 Å². The van der Waals surface area contributed by atoms with Crippen molar-refractivity contribution >= 4 is 22.6 Å². The third-order valence-corrected chi connectivity index (χ3v) is 3.18. The zero-order valence-electron chi connectivity index (χ0n) is 6.17. The summed E-state index contributed by atoms with van der Waals surface area (Å²) in [6.07, 6.45) is -4.24. The maximum atomic E-state index is 9.31. The summed E-state index contributed by atoms with van der Waals surface area (Å²) in [5.74, 6) is 0. The highest BCUT2D eigenvalue weighted by atomic mass is 127. The van der Waals surface area contributed by atoms with Crippen LogP contribution in [0.2, 0.25) is 0 Å². The lowest BCUT2D eigenvalue weighted by atomic mass is 10.0. The van der Waals surface area contributed by atoms with Gasteiger partial charge in [0, 0.05) is 0 Å². The zero-order valence-corrected chi connectivity index (χ0v) is 8.33. The first-order chi connectivity index (χ1) is 5.57. The number of ether oxygens (including phenoxy) is 1. The Morgan fingerprint density at radius 2 is 1.75 bits per heavy atom. The molecule has 0 aliphatic carbocycles. The van der Waals surface area contributed by atoms with Crippen LogP contribution >= 0.6 is 22.6 Å². The number of halogens is 1. The summed E-state index contributed by atoms with van der Waals surface area (Å²) in [6.45, 7) is -0.418. The van der Waals surface area contributed by atoms with Gasteiger partial charge in [-0.05, 0) is 0 Å². The molecule has 0 aromatic rings. The molecule has 2 unspecified atom stereocenters. The van der Waals surface area contributed by atoms with Crippen LogP contribution in [0.4, 0.5) is 0 Å². The molecule has 5 atom stereocenters. The van der Waals surface area contributed by atoms with E-state index in [-0.39, 0.29) is 0 Å². The Morgan fingerprint density at radius 3 is 2.25 bits per heavy atom. The van der Waals surface area contributed by atoms with Gasteiger partial charge in [-0.2, -0.15) is 0 Å². The second-order valence-electron chi connectivity index (χ2n) is 2.67. The molecule has 0 bridgehead atoms. The maximum Gasteiger partial charge on any atom is 0.169 e. The molecule has 1 aliphatic rings. The molecule has 5 nitrogen and oxygen atoms in total. The zero-order chi connectivity index (χ0) is 9.30. The Hall–Kier alpha value is 0.530. The first kappa shape index (κ1) is 10.6. The van der Waals surface area contributed by atoms with Crippen LogP contribution in [0.3, 0.4) is 0 Å². The van der Waals surface area contributed by atoms with Gasteiger partial charge in [-0.15, -0.1) is 0 Å². The van der Waals surface area contributed by atoms with Crippen LogP contribution in [0.15, 0.2) is 0 Å². The highest BCUT2D eigenvalue weighted by molar-refractivity contribution is 14.1. The minimum atomic E-state index is -1.14. The van der Waals surface area contributed by atoms with Crippen LogP contribution in [0, 0.1) is 0 Å². The molecule has 0 spiro atoms. The molecule has 0 aromatic heterocycles. The summed E-state index contributed by atoms with van der Waals surface area (Å²) in [4.78, 5) is 0. The first-order valence-corrected chi connectivity index (χ1v) is 4.77. The van der Waals surface area contributed by atoms with Crippen LogP contribution in [0.1, 0.15) is 0 Å². The highest BCUT2D eigenvalue weighted by Gasteiger charge is 2.41. The van der Waals surface area contributed by atoms with Gasteiger partial charge in [-0.25, -0.2) is 0 Å². The van der Waals surface area contributed by atoms with Crippen molar-refractivity contribution in [2.75, 3.05) is 6.61 Å². The van der Waals surface area contributed by atoms with Crippen molar-refractivity contribution in [2.45, 2.75) is 28.5 Å². The van der Waals surface area contributed by atoms with Crippen molar-refractivity contribution in [1.82, 2.24) is 0 Å². The number of aliphatic hydroxyl groups is 4. The third kappa shape index (κ3) is 1.88. The van der Waals surface area contributed by atoms with Gasteiger partial charge < -0.3 is 25.2 Å². The van der Waals surface area contributed by atoms with Gasteiger partial charge in [-0.3, -0.25) is 0 Å². The minimum Gasteiger partial charge on any atom is -0.394 e. The van der Waals surface area contributed by atoms with Crippen LogP contribution < -0.4 is 0 Å². The van der Waals surface area contributed by atoms with E-state index in [9.17, 15) is 10.2 Å². The molecule has 1 aliphatic heterocycles. The van der Waals surface area contributed by atoms with E-state index in [1.54, 1.807) is 22.6 Å². The lowest BCUT2D eigenvalue weighted by Gasteiger charge is -2.37. The number of hydrogen-bond acceptors (Lipinski definition) is 5. The Morgan fingerprint density at radius 1 is 1.17 bits per heavy atom. The third-order valence-electron chi connectivity index (χ3n) is 1.82. The minimum absolute atomic E-state index is 0.418. The highest BCUT2D eigenvalue weighted by Crippen LogP contribution is 2.24. The van der Waals surface area contributed by atoms with Gasteiger partial charge in [0.05, 0.1) is 16.6 Å². The van der Waals surface area contributed by atoms with Crippen LogP contribution in [0.25, 0.3) is 0 Å². The number of alkyl halides is 1. The molecule has 1 fully saturated rings. The predicted octanol–water partition coefficient (Wildman–Crippen LogP) is -1.78. The van der Waals surface area contributed by atoms with Crippen LogP contribution in [0.5, 0.6) is 0 Å². The standard InChI is InChI=1S/C6H11IO5/c7-3-5(10)4(9)2(1-8)12-6(3)11/h2-6,8-11H,1H2/t2?,3-,4-,5?,6+/m0/s1. The molecule has 12 heavy (non-hydrogen) atoms. The SMILES string of the molecule is OCC1O[C@@H](O)[C@@H](I)C(O)[C@H]1O. The maximum absolute atomic E-state index is 9.31. The largest absolute Gasteiger partial charge is 0.394 e. The molecule has 1 heterocycles. The van der Waals surface area contributed by atoms with E-state index < -0.39 is 35.1 Å². The van der Waals surface area contributed by atoms with E-state index in [1.165, 1.54) is 0 Å². The molecular formula is C6H11IO5. The Bertz CT molecular complexity index is 150. The molecule has 0 radical (unpaired) electrons. The number of hydrogen-bond donors (Lipinski definition) is 4. The monoisotopic (exact) mass is 290 g/mol. The predicted molar refractivity (Wildman–Crippen MR) is 47.8 cm³/mol. The summed E-state index contributed by atoms with van der Waals surface area (Å²) >= 11 is 1.78. The average molecular weight is 290 g/mol. The van der Waals surface area contributed by atoms with Gasteiger partial charge in [-0.1, -0.05) is 22.6 Å². The van der Waals surface area contributed by atoms with E-state index in [1.807, 2.05) is 0 Å². The summed E-state index contributed by atoms with van der Waals surface area (Å²) in [5.41, 5.74) is 0. The quantitative estimate of drug-likeness (QED) is 0.339. The topological polar surface area (TPSA) is 90.2 Å². The fourth-order valence-electron chi connectivity index (χ4n) is 1.06. The summed E-state index contributed by atoms with van der Waals surface area (Å²) < 4.78 is 4.25. The second kappa shape index (κ2) is 4.16. The van der Waals surface area contributed by atoms with E-state index in [4.69, 9.17) is 14.9 Å². The second-order valence-corrected chi connectivity index (χ2v) is 4.11. The molecule has 6 heteroatoms. The van der Waals surface area contributed by atoms with E-state index in [2.05, 4.69) is 0 Å². The fourth-order valence-corrected chi connectivity index (χ4v) is 1.66. The summed E-state index contributed by atoms with van der Waals surface area (Å²) in [7, 11) is 0. The van der Waals surface area contributed by atoms with E-state index >= 15 is 0 Å². The van der Waals surface area contributed by atoms with Gasteiger partial charge in [0.2, 0.25) is 0 Å². The molecule has 0 amide bonds. The smallest absolute Gasteiger partial charge is 0.169 e. The Balaban J connectivity index is 2.63. The lowest BCUT2D eigenvalue weighted by molar-refractivity contribution is -0.231. The normalized spacial score (nSPS) is 49.2. The molecular weight excluding hydrogens is 279 g/mol. The van der Waals surface area contributed by atoms with Crippen molar-refractivity contribution in [3.8, 4) is 0 Å². The molecule has 72 valence electrons. The molecule has 0 saturated carbocycles. The van der Waals surface area contributed by atoms with Crippen molar-refractivity contribution in [3.05, 3.63) is 0 Å². The number of rotatable bonds is 1. The first-order valence-electron chi connectivity index (χ1n) is 3.52. The van der Waals surface area contributed by atoms with Crippen molar-refractivity contribution in [3.63, 3.8) is 0 Å². The Labute approximate surface area is 83.1 Å². The molecule has 4 N–H and O–H groups in total. The van der Waals surface area contributed by atoms with Crippen molar-refractivity contribution in [2.24, 2.45) is 0 Å². The van der Waals surface area contributed by atoms with Gasteiger partial charge in [0.25, 0.3) is 0 Å². The van der Waals surface area contributed by atoms with Crippen LogP contribution in [-0.2, 0) is 4.74 Å². The summed E-state index contributed by atoms with van der Waals surface area (Å²) in [6, 6.07) is 0. The molecule has 0 aromatic carbocycles. The summed E-state index contributed by atoms with van der Waals surface area (Å²) in [5, 5.41) is 36.4. The van der Waals surface area contributed by atoms with E-state index in [0.29, 0.717) is 0 Å². The van der Waals surface area contributed by atoms with E-state index in [0.717, 1.165) is 0 Å². The van der Waals surface area contributed by atoms with Crippen LogP contribution in [-0.4, -0.2) is 55.6 Å². The number of aliphatic hydroxyl groups excluding tert-OH is 4. The fraction of sp³-hybridized carbons (Fsp3) is 1.00. The van der Waals surface area contributed by atoms with Gasteiger partial charge in [0.1, 0.15) is 12.2 Å². The lowest BCUT2D eigenvalue weighted by Crippen LogP contribution is -2.56. The van der Waals surface area contributed by atoms with Gasteiger partial charge in [0.15, 0.2) is 6.29 Å². The molecule has 1 rings (SSSR count). The Kier molecular flexibility index (Phi) is 3.68. The molecule has 1 saturated heterocycles.